The van der Waals surface area contributed by atoms with Gasteiger partial charge in [0.05, 0.1) is 16.3 Å². The molecule has 1 N–H and O–H groups in total. The Kier molecular flexibility index (Phi) is 6.37. The molecular formula is C19H22N4O4S. The highest BCUT2D eigenvalue weighted by Gasteiger charge is 2.23. The first-order valence-electron chi connectivity index (χ1n) is 9.00. The van der Waals surface area contributed by atoms with E-state index in [1.165, 1.54) is 24.3 Å². The Balaban J connectivity index is 1.52. The summed E-state index contributed by atoms with van der Waals surface area (Å²) >= 11 is 1.40. The maximum Gasteiger partial charge on any atom is 0.269 e. The second kappa shape index (κ2) is 8.94. The van der Waals surface area contributed by atoms with Crippen molar-refractivity contribution in [2.75, 3.05) is 26.2 Å². The van der Waals surface area contributed by atoms with Gasteiger partial charge in [-0.25, -0.2) is 0 Å². The Hall–Kier alpha value is -2.78. The van der Waals surface area contributed by atoms with Gasteiger partial charge in [-0.05, 0) is 17.7 Å². The highest BCUT2D eigenvalue weighted by atomic mass is 32.1. The molecule has 0 unspecified atom stereocenters. The molecule has 1 saturated heterocycles. The van der Waals surface area contributed by atoms with Crippen molar-refractivity contribution in [3.63, 3.8) is 0 Å². The molecule has 2 amide bonds. The number of carbonyl (C=O) groups is 2. The van der Waals surface area contributed by atoms with Crippen LogP contribution in [-0.4, -0.2) is 52.7 Å². The molecule has 1 aromatic heterocycles. The topological polar surface area (TPSA) is 95.8 Å². The summed E-state index contributed by atoms with van der Waals surface area (Å²) in [4.78, 5) is 39.9. The Morgan fingerprint density at radius 2 is 1.93 bits per heavy atom. The Bertz CT molecular complexity index is 874. The van der Waals surface area contributed by atoms with E-state index in [-0.39, 0.29) is 22.4 Å². The second-order valence-electron chi connectivity index (χ2n) is 6.67. The van der Waals surface area contributed by atoms with Crippen molar-refractivity contribution in [3.8, 4) is 0 Å². The average molecular weight is 402 g/mol. The van der Waals surface area contributed by atoms with Crippen LogP contribution in [0.25, 0.3) is 0 Å². The van der Waals surface area contributed by atoms with E-state index >= 15 is 0 Å². The molecule has 2 aromatic rings. The van der Waals surface area contributed by atoms with Crippen LogP contribution >= 0.6 is 11.3 Å². The monoisotopic (exact) mass is 402 g/mol. The smallest absolute Gasteiger partial charge is 0.269 e. The molecule has 28 heavy (non-hydrogen) atoms. The van der Waals surface area contributed by atoms with Crippen LogP contribution in [0.1, 0.15) is 27.0 Å². The number of thiophene rings is 1. The maximum atomic E-state index is 12.7. The lowest BCUT2D eigenvalue weighted by Gasteiger charge is -2.34. The van der Waals surface area contributed by atoms with Gasteiger partial charge in [-0.3, -0.25) is 24.6 Å². The van der Waals surface area contributed by atoms with Gasteiger partial charge in [0, 0.05) is 56.7 Å². The standard InChI is InChI=1S/C19H22N4O4S/c1-14(24)20-12-17-5-6-18(28-17)19(25)22-9-7-21(8-10-22)13-15-3-2-4-16(11-15)23(26)27/h2-6,11H,7-10,12-13H2,1H3,(H,20,24). The van der Waals surface area contributed by atoms with E-state index in [1.807, 2.05) is 17.0 Å². The highest BCUT2D eigenvalue weighted by molar-refractivity contribution is 7.14. The number of nitro groups is 1. The Morgan fingerprint density at radius 1 is 1.18 bits per heavy atom. The minimum Gasteiger partial charge on any atom is -0.351 e. The third-order valence-corrected chi connectivity index (χ3v) is 5.64. The van der Waals surface area contributed by atoms with Crippen molar-refractivity contribution in [3.05, 3.63) is 61.8 Å². The van der Waals surface area contributed by atoms with Gasteiger partial charge in [-0.1, -0.05) is 12.1 Å². The predicted octanol–water partition coefficient (Wildman–Crippen LogP) is 2.25. The number of piperazine rings is 1. The molecule has 1 aliphatic rings. The molecule has 1 aromatic carbocycles. The van der Waals surface area contributed by atoms with E-state index in [0.717, 1.165) is 23.5 Å². The van der Waals surface area contributed by atoms with Crippen LogP contribution in [0.3, 0.4) is 0 Å². The second-order valence-corrected chi connectivity index (χ2v) is 7.84. The van der Waals surface area contributed by atoms with Gasteiger partial charge in [-0.15, -0.1) is 11.3 Å². The van der Waals surface area contributed by atoms with Crippen molar-refractivity contribution in [1.82, 2.24) is 15.1 Å². The number of non-ortho nitro benzene ring substituents is 1. The molecule has 0 spiro atoms. The number of nitrogens with one attached hydrogen (secondary N) is 1. The summed E-state index contributed by atoms with van der Waals surface area (Å²) in [6.07, 6.45) is 0. The molecule has 0 radical (unpaired) electrons. The summed E-state index contributed by atoms with van der Waals surface area (Å²) in [6.45, 7) is 5.21. The van der Waals surface area contributed by atoms with Crippen molar-refractivity contribution in [2.45, 2.75) is 20.0 Å². The fourth-order valence-electron chi connectivity index (χ4n) is 3.09. The Labute approximate surface area is 166 Å². The average Bonchev–Trinajstić information content (AvgIpc) is 3.16. The molecule has 148 valence electrons. The third-order valence-electron chi connectivity index (χ3n) is 4.57. The molecular weight excluding hydrogens is 380 g/mol. The zero-order valence-electron chi connectivity index (χ0n) is 15.6. The highest BCUT2D eigenvalue weighted by Crippen LogP contribution is 2.20. The summed E-state index contributed by atoms with van der Waals surface area (Å²) < 4.78 is 0. The quantitative estimate of drug-likeness (QED) is 0.591. The molecule has 9 heteroatoms. The summed E-state index contributed by atoms with van der Waals surface area (Å²) in [5.74, 6) is -0.0878. The molecule has 1 fully saturated rings. The van der Waals surface area contributed by atoms with Crippen LogP contribution in [0.5, 0.6) is 0 Å². The number of amides is 2. The van der Waals surface area contributed by atoms with Gasteiger partial charge in [-0.2, -0.15) is 0 Å². The first-order chi connectivity index (χ1) is 13.4. The fraction of sp³-hybridized carbons (Fsp3) is 0.368. The first-order valence-corrected chi connectivity index (χ1v) is 9.82. The van der Waals surface area contributed by atoms with Crippen molar-refractivity contribution < 1.29 is 14.5 Å². The SMILES string of the molecule is CC(=O)NCc1ccc(C(=O)N2CCN(Cc3cccc([N+](=O)[O-])c3)CC2)s1. The lowest BCUT2D eigenvalue weighted by atomic mass is 10.1. The largest absolute Gasteiger partial charge is 0.351 e. The zero-order chi connectivity index (χ0) is 20.1. The lowest BCUT2D eigenvalue weighted by Crippen LogP contribution is -2.48. The van der Waals surface area contributed by atoms with Crippen LogP contribution in [0.2, 0.25) is 0 Å². The summed E-state index contributed by atoms with van der Waals surface area (Å²) in [7, 11) is 0. The van der Waals surface area contributed by atoms with Crippen LogP contribution in [0.4, 0.5) is 5.69 Å². The molecule has 1 aliphatic heterocycles. The molecule has 0 saturated carbocycles. The maximum absolute atomic E-state index is 12.7. The van der Waals surface area contributed by atoms with Gasteiger partial charge in [0.15, 0.2) is 0 Å². The van der Waals surface area contributed by atoms with Crippen LogP contribution in [-0.2, 0) is 17.9 Å². The van der Waals surface area contributed by atoms with Crippen molar-refractivity contribution in [1.29, 1.82) is 0 Å². The van der Waals surface area contributed by atoms with Crippen molar-refractivity contribution >= 4 is 28.8 Å². The van der Waals surface area contributed by atoms with E-state index < -0.39 is 0 Å². The molecule has 8 nitrogen and oxygen atoms in total. The predicted molar refractivity (Wildman–Crippen MR) is 106 cm³/mol. The summed E-state index contributed by atoms with van der Waals surface area (Å²) in [6, 6.07) is 10.3. The number of hydrogen-bond donors (Lipinski definition) is 1. The normalized spacial score (nSPS) is 14.7. The number of rotatable bonds is 6. The minimum atomic E-state index is -0.388. The minimum absolute atomic E-state index is 0.00840. The van der Waals surface area contributed by atoms with E-state index in [9.17, 15) is 19.7 Å². The van der Waals surface area contributed by atoms with Gasteiger partial charge in [0.2, 0.25) is 5.91 Å². The molecule has 0 aliphatic carbocycles. The van der Waals surface area contributed by atoms with Crippen LogP contribution < -0.4 is 5.32 Å². The lowest BCUT2D eigenvalue weighted by molar-refractivity contribution is -0.384. The van der Waals surface area contributed by atoms with Gasteiger partial charge >= 0.3 is 0 Å². The third kappa shape index (κ3) is 5.14. The molecule has 2 heterocycles. The van der Waals surface area contributed by atoms with Crippen LogP contribution in [0, 0.1) is 10.1 Å². The first kappa shape index (κ1) is 20.0. The van der Waals surface area contributed by atoms with Crippen molar-refractivity contribution in [2.24, 2.45) is 0 Å². The molecule has 3 rings (SSSR count). The van der Waals surface area contributed by atoms with E-state index in [1.54, 1.807) is 18.2 Å². The number of nitro benzene ring substituents is 1. The Morgan fingerprint density at radius 3 is 2.61 bits per heavy atom. The van der Waals surface area contributed by atoms with E-state index in [0.29, 0.717) is 31.1 Å². The number of carbonyl (C=O) groups excluding carboxylic acids is 2. The van der Waals surface area contributed by atoms with Gasteiger partial charge in [0.1, 0.15) is 0 Å². The molecule has 0 atom stereocenters. The van der Waals surface area contributed by atoms with Gasteiger partial charge in [0.25, 0.3) is 11.6 Å². The van der Waals surface area contributed by atoms with Crippen LogP contribution in [0.15, 0.2) is 36.4 Å². The zero-order valence-corrected chi connectivity index (χ0v) is 16.4. The number of hydrogen-bond acceptors (Lipinski definition) is 6. The fourth-order valence-corrected chi connectivity index (χ4v) is 4.01. The number of nitrogens with zero attached hydrogens (tertiary/aromatic N) is 3. The van der Waals surface area contributed by atoms with E-state index in [2.05, 4.69) is 10.2 Å². The summed E-state index contributed by atoms with van der Waals surface area (Å²) in [5.41, 5.74) is 0.994. The van der Waals surface area contributed by atoms with Gasteiger partial charge < -0.3 is 10.2 Å². The molecule has 0 bridgehead atoms. The summed E-state index contributed by atoms with van der Waals surface area (Å²) in [5, 5.41) is 13.6. The number of benzene rings is 1. The van der Waals surface area contributed by atoms with E-state index in [4.69, 9.17) is 0 Å².